The van der Waals surface area contributed by atoms with Crippen LogP contribution in [0, 0.1) is 11.8 Å². The van der Waals surface area contributed by atoms with Gasteiger partial charge in [-0.05, 0) is 11.5 Å². The summed E-state index contributed by atoms with van der Waals surface area (Å²) in [5, 5.41) is 9.21. The van der Waals surface area contributed by atoms with Gasteiger partial charge in [-0.3, -0.25) is 19.3 Å². The van der Waals surface area contributed by atoms with Gasteiger partial charge in [0.2, 0.25) is 11.8 Å². The normalized spacial score (nSPS) is 20.1. The zero-order chi connectivity index (χ0) is 15.6. The van der Waals surface area contributed by atoms with Crippen molar-refractivity contribution in [2.24, 2.45) is 11.8 Å². The van der Waals surface area contributed by atoms with Gasteiger partial charge in [0.1, 0.15) is 0 Å². The Morgan fingerprint density at radius 2 is 1.90 bits per heavy atom. The molecule has 1 aromatic carbocycles. The molecule has 2 unspecified atom stereocenters. The first-order valence-corrected chi connectivity index (χ1v) is 7.03. The second-order valence-electron chi connectivity index (χ2n) is 5.70. The molecule has 2 rings (SSSR count). The number of likely N-dealkylation sites (tertiary alicyclic amines) is 1. The second-order valence-corrected chi connectivity index (χ2v) is 5.70. The molecule has 0 radical (unpaired) electrons. The summed E-state index contributed by atoms with van der Waals surface area (Å²) < 4.78 is 0. The maximum atomic E-state index is 12.4. The van der Waals surface area contributed by atoms with Gasteiger partial charge in [-0.15, -0.1) is 0 Å². The molecule has 1 heterocycles. The number of amides is 2. The van der Waals surface area contributed by atoms with Crippen molar-refractivity contribution >= 4 is 17.8 Å². The number of hydrogen-bond acceptors (Lipinski definition) is 3. The number of rotatable bonds is 5. The van der Waals surface area contributed by atoms with Crippen molar-refractivity contribution in [3.8, 4) is 0 Å². The summed E-state index contributed by atoms with van der Waals surface area (Å²) in [4.78, 5) is 36.8. The number of carboxylic acids is 1. The Labute approximate surface area is 123 Å². The van der Waals surface area contributed by atoms with Gasteiger partial charge in [0.15, 0.2) is 0 Å². The maximum Gasteiger partial charge on any atom is 0.308 e. The fraction of sp³-hybridized carbons (Fsp3) is 0.438. The summed E-state index contributed by atoms with van der Waals surface area (Å²) in [6, 6.07) is 9.13. The van der Waals surface area contributed by atoms with Crippen molar-refractivity contribution < 1.29 is 19.5 Å². The minimum atomic E-state index is -0.978. The molecule has 1 aliphatic rings. The van der Waals surface area contributed by atoms with E-state index in [1.165, 1.54) is 0 Å². The van der Waals surface area contributed by atoms with E-state index in [1.807, 2.05) is 30.3 Å². The van der Waals surface area contributed by atoms with Gasteiger partial charge in [-0.2, -0.15) is 0 Å². The molecule has 2 atom stereocenters. The minimum Gasteiger partial charge on any atom is -0.481 e. The van der Waals surface area contributed by atoms with Gasteiger partial charge in [0, 0.05) is 13.0 Å². The largest absolute Gasteiger partial charge is 0.481 e. The maximum absolute atomic E-state index is 12.4. The second kappa shape index (κ2) is 6.08. The highest BCUT2D eigenvalue weighted by Crippen LogP contribution is 2.30. The van der Waals surface area contributed by atoms with E-state index in [2.05, 4.69) is 0 Å². The number of imide groups is 1. The van der Waals surface area contributed by atoms with Crippen LogP contribution in [0.5, 0.6) is 0 Å². The summed E-state index contributed by atoms with van der Waals surface area (Å²) >= 11 is 0. The summed E-state index contributed by atoms with van der Waals surface area (Å²) in [5.74, 6) is -2.92. The molecule has 0 saturated carbocycles. The van der Waals surface area contributed by atoms with Crippen molar-refractivity contribution in [2.75, 3.05) is 6.54 Å². The number of carbonyl (C=O) groups is 3. The van der Waals surface area contributed by atoms with Crippen molar-refractivity contribution in [3.05, 3.63) is 35.9 Å². The molecule has 0 aromatic heterocycles. The van der Waals surface area contributed by atoms with Crippen molar-refractivity contribution in [1.82, 2.24) is 4.90 Å². The number of aliphatic carboxylic acids is 1. The number of carbonyl (C=O) groups excluding carboxylic acids is 2. The Balaban J connectivity index is 2.17. The van der Waals surface area contributed by atoms with E-state index in [-0.39, 0.29) is 30.7 Å². The fourth-order valence-corrected chi connectivity index (χ4v) is 2.59. The third-order valence-electron chi connectivity index (χ3n) is 3.95. The number of nitrogens with zero attached hydrogens (tertiary/aromatic N) is 1. The Kier molecular flexibility index (Phi) is 4.40. The smallest absolute Gasteiger partial charge is 0.308 e. The molecule has 1 aromatic rings. The first-order valence-electron chi connectivity index (χ1n) is 7.03. The Morgan fingerprint density at radius 3 is 2.43 bits per heavy atom. The van der Waals surface area contributed by atoms with Crippen molar-refractivity contribution in [3.63, 3.8) is 0 Å². The topological polar surface area (TPSA) is 74.7 Å². The van der Waals surface area contributed by atoms with E-state index < -0.39 is 17.8 Å². The minimum absolute atomic E-state index is 0.0476. The van der Waals surface area contributed by atoms with Gasteiger partial charge in [-0.1, -0.05) is 44.2 Å². The number of carboxylic acid groups (broad SMARTS) is 1. The van der Waals surface area contributed by atoms with Crippen LogP contribution in [0.2, 0.25) is 0 Å². The van der Waals surface area contributed by atoms with Gasteiger partial charge < -0.3 is 5.11 Å². The molecule has 5 heteroatoms. The van der Waals surface area contributed by atoms with Crippen molar-refractivity contribution in [2.45, 2.75) is 26.2 Å². The van der Waals surface area contributed by atoms with Crippen LogP contribution < -0.4 is 0 Å². The Morgan fingerprint density at radius 1 is 1.29 bits per heavy atom. The fourth-order valence-electron chi connectivity index (χ4n) is 2.59. The molecule has 1 saturated heterocycles. The first kappa shape index (κ1) is 15.2. The van der Waals surface area contributed by atoms with Crippen LogP contribution in [-0.2, 0) is 14.4 Å². The van der Waals surface area contributed by atoms with Crippen LogP contribution in [0.15, 0.2) is 30.3 Å². The van der Waals surface area contributed by atoms with Crippen LogP contribution in [0.4, 0.5) is 0 Å². The molecule has 1 aliphatic heterocycles. The average Bonchev–Trinajstić information content (AvgIpc) is 2.72. The first-order chi connectivity index (χ1) is 9.91. The number of benzene rings is 1. The molecule has 112 valence electrons. The van der Waals surface area contributed by atoms with Crippen LogP contribution in [-0.4, -0.2) is 34.3 Å². The van der Waals surface area contributed by atoms with Gasteiger partial charge >= 0.3 is 5.97 Å². The molecule has 0 aliphatic carbocycles. The van der Waals surface area contributed by atoms with E-state index in [0.717, 1.165) is 10.5 Å². The van der Waals surface area contributed by atoms with Crippen LogP contribution in [0.1, 0.15) is 31.7 Å². The predicted molar refractivity (Wildman–Crippen MR) is 76.5 cm³/mol. The molecule has 1 fully saturated rings. The average molecular weight is 289 g/mol. The molecule has 1 N–H and O–H groups in total. The van der Waals surface area contributed by atoms with Gasteiger partial charge in [0.25, 0.3) is 0 Å². The SMILES string of the molecule is CC(C)C(CN1C(=O)CC(c2ccccc2)C1=O)C(=O)O. The van der Waals surface area contributed by atoms with E-state index in [9.17, 15) is 19.5 Å². The third kappa shape index (κ3) is 3.12. The van der Waals surface area contributed by atoms with E-state index in [4.69, 9.17) is 0 Å². The lowest BCUT2D eigenvalue weighted by Crippen LogP contribution is -2.39. The monoisotopic (exact) mass is 289 g/mol. The van der Waals surface area contributed by atoms with E-state index in [1.54, 1.807) is 13.8 Å². The summed E-state index contributed by atoms with van der Waals surface area (Å²) in [6.07, 6.45) is 0.118. The van der Waals surface area contributed by atoms with E-state index >= 15 is 0 Å². The summed E-state index contributed by atoms with van der Waals surface area (Å²) in [6.45, 7) is 3.50. The lowest BCUT2D eigenvalue weighted by Gasteiger charge is -2.22. The van der Waals surface area contributed by atoms with Gasteiger partial charge in [-0.25, -0.2) is 0 Å². The van der Waals surface area contributed by atoms with Crippen molar-refractivity contribution in [1.29, 1.82) is 0 Å². The highest BCUT2D eigenvalue weighted by molar-refractivity contribution is 6.06. The lowest BCUT2D eigenvalue weighted by atomic mass is 9.95. The lowest BCUT2D eigenvalue weighted by molar-refractivity contribution is -0.147. The zero-order valence-electron chi connectivity index (χ0n) is 12.2. The molecular formula is C16H19NO4. The molecule has 0 spiro atoms. The highest BCUT2D eigenvalue weighted by Gasteiger charge is 2.41. The van der Waals surface area contributed by atoms with E-state index in [0.29, 0.717) is 0 Å². The molecule has 5 nitrogen and oxygen atoms in total. The zero-order valence-corrected chi connectivity index (χ0v) is 12.2. The molecular weight excluding hydrogens is 270 g/mol. The number of hydrogen-bond donors (Lipinski definition) is 1. The Bertz CT molecular complexity index is 553. The standard InChI is InChI=1S/C16H19NO4/c1-10(2)13(16(20)21)9-17-14(18)8-12(15(17)19)11-6-4-3-5-7-11/h3-7,10,12-13H,8-9H2,1-2H3,(H,20,21). The highest BCUT2D eigenvalue weighted by atomic mass is 16.4. The summed E-state index contributed by atoms with van der Waals surface area (Å²) in [5.41, 5.74) is 0.801. The quantitative estimate of drug-likeness (QED) is 0.840. The van der Waals surface area contributed by atoms with Gasteiger partial charge in [0.05, 0.1) is 11.8 Å². The molecule has 2 amide bonds. The van der Waals surface area contributed by atoms with Crippen LogP contribution in [0.25, 0.3) is 0 Å². The predicted octanol–water partition coefficient (Wildman–Crippen LogP) is 1.89. The molecule has 21 heavy (non-hydrogen) atoms. The molecule has 0 bridgehead atoms. The Hall–Kier alpha value is -2.17. The summed E-state index contributed by atoms with van der Waals surface area (Å²) in [7, 11) is 0. The van der Waals surface area contributed by atoms with Crippen LogP contribution >= 0.6 is 0 Å². The third-order valence-corrected chi connectivity index (χ3v) is 3.95. The van der Waals surface area contributed by atoms with Crippen LogP contribution in [0.3, 0.4) is 0 Å².